The molecule has 0 aliphatic carbocycles. The van der Waals surface area contributed by atoms with Crippen LogP contribution in [-0.2, 0) is 4.74 Å². The fraction of sp³-hybridized carbons (Fsp3) is 0.333. The molecule has 0 N–H and O–H groups in total. The third kappa shape index (κ3) is 7.18. The van der Waals surface area contributed by atoms with E-state index in [4.69, 9.17) is 4.74 Å². The predicted octanol–water partition coefficient (Wildman–Crippen LogP) is 2.32. The fourth-order valence-electron chi connectivity index (χ4n) is 0.450. The summed E-state index contributed by atoms with van der Waals surface area (Å²) >= 11 is 0. The minimum atomic E-state index is 0.667. The van der Waals surface area contributed by atoms with Gasteiger partial charge >= 0.3 is 0 Å². The highest BCUT2D eigenvalue weighted by Gasteiger charge is 1.70. The summed E-state index contributed by atoms with van der Waals surface area (Å²) in [4.78, 5) is 0. The normalized spacial score (nSPS) is 11.4. The van der Waals surface area contributed by atoms with Crippen LogP contribution >= 0.6 is 0 Å². The van der Waals surface area contributed by atoms with Gasteiger partial charge in [-0.1, -0.05) is 36.5 Å². The van der Waals surface area contributed by atoms with Crippen LogP contribution in [0.1, 0.15) is 6.92 Å². The number of methoxy groups -OCH3 is 1. The molecular weight excluding hydrogens is 124 g/mol. The lowest BCUT2D eigenvalue weighted by molar-refractivity contribution is 0.234. The van der Waals surface area contributed by atoms with Gasteiger partial charge in [0.2, 0.25) is 0 Å². The number of hydrogen-bond acceptors (Lipinski definition) is 1. The van der Waals surface area contributed by atoms with E-state index in [1.165, 1.54) is 0 Å². The molecule has 0 aromatic heterocycles. The highest BCUT2D eigenvalue weighted by molar-refractivity contribution is 5.16. The van der Waals surface area contributed by atoms with Crippen LogP contribution in [0, 0.1) is 0 Å². The smallest absolute Gasteiger partial charge is 0.0646 e. The van der Waals surface area contributed by atoms with Crippen molar-refractivity contribution < 1.29 is 4.74 Å². The molecule has 56 valence electrons. The summed E-state index contributed by atoms with van der Waals surface area (Å²) in [5, 5.41) is 0. The van der Waals surface area contributed by atoms with Crippen LogP contribution in [0.25, 0.3) is 0 Å². The van der Waals surface area contributed by atoms with Crippen LogP contribution in [0.15, 0.2) is 36.5 Å². The fourth-order valence-corrected chi connectivity index (χ4v) is 0.450. The number of rotatable bonds is 4. The van der Waals surface area contributed by atoms with E-state index in [0.29, 0.717) is 6.61 Å². The second kappa shape index (κ2) is 6.30. The van der Waals surface area contributed by atoms with Crippen LogP contribution in [0.4, 0.5) is 0 Å². The maximum atomic E-state index is 4.81. The zero-order valence-electron chi connectivity index (χ0n) is 6.63. The molecule has 0 aromatic rings. The number of ether oxygens (including phenoxy) is 1. The van der Waals surface area contributed by atoms with Gasteiger partial charge in [-0.3, -0.25) is 0 Å². The van der Waals surface area contributed by atoms with Crippen molar-refractivity contribution in [3.05, 3.63) is 36.5 Å². The molecule has 0 radical (unpaired) electrons. The first-order valence-corrected chi connectivity index (χ1v) is 3.25. The second-order valence-corrected chi connectivity index (χ2v) is 2.09. The largest absolute Gasteiger partial charge is 0.381 e. The average Bonchev–Trinajstić information content (AvgIpc) is 1.87. The molecule has 0 fully saturated rings. The van der Waals surface area contributed by atoms with Crippen molar-refractivity contribution in [2.45, 2.75) is 6.92 Å². The van der Waals surface area contributed by atoms with Gasteiger partial charge in [-0.05, 0) is 6.92 Å². The van der Waals surface area contributed by atoms with E-state index >= 15 is 0 Å². The molecule has 0 atom stereocenters. The van der Waals surface area contributed by atoms with Crippen LogP contribution in [-0.4, -0.2) is 13.7 Å². The maximum absolute atomic E-state index is 4.81. The van der Waals surface area contributed by atoms with Gasteiger partial charge in [0.1, 0.15) is 0 Å². The van der Waals surface area contributed by atoms with Crippen molar-refractivity contribution >= 4 is 0 Å². The Hall–Kier alpha value is -0.820. The molecule has 0 saturated heterocycles. The van der Waals surface area contributed by atoms with Gasteiger partial charge in [-0.15, -0.1) is 0 Å². The summed E-state index contributed by atoms with van der Waals surface area (Å²) < 4.78 is 4.81. The van der Waals surface area contributed by atoms with Crippen LogP contribution in [0.2, 0.25) is 0 Å². The van der Waals surface area contributed by atoms with Gasteiger partial charge in [-0.2, -0.15) is 0 Å². The molecule has 0 unspecified atom stereocenters. The zero-order valence-corrected chi connectivity index (χ0v) is 6.63. The first-order chi connectivity index (χ1) is 4.77. The highest BCUT2D eigenvalue weighted by Crippen LogP contribution is 1.88. The maximum Gasteiger partial charge on any atom is 0.0646 e. The van der Waals surface area contributed by atoms with Crippen molar-refractivity contribution in [1.29, 1.82) is 0 Å². The average molecular weight is 138 g/mol. The molecule has 1 heteroatoms. The minimum absolute atomic E-state index is 0.667. The van der Waals surface area contributed by atoms with Crippen LogP contribution < -0.4 is 0 Å². The Bertz CT molecular complexity index is 143. The summed E-state index contributed by atoms with van der Waals surface area (Å²) in [5.74, 6) is 0. The van der Waals surface area contributed by atoms with Crippen molar-refractivity contribution in [2.24, 2.45) is 0 Å². The Kier molecular flexibility index (Phi) is 5.79. The van der Waals surface area contributed by atoms with Gasteiger partial charge in [0, 0.05) is 7.11 Å². The Labute approximate surface area is 62.7 Å². The topological polar surface area (TPSA) is 9.23 Å². The summed E-state index contributed by atoms with van der Waals surface area (Å²) in [6.45, 7) is 6.35. The molecule has 0 rings (SSSR count). The number of allylic oxidation sites excluding steroid dienone is 4. The van der Waals surface area contributed by atoms with E-state index in [0.717, 1.165) is 5.57 Å². The second-order valence-electron chi connectivity index (χ2n) is 2.09. The molecule has 0 bridgehead atoms. The van der Waals surface area contributed by atoms with Gasteiger partial charge in [0.25, 0.3) is 0 Å². The first kappa shape index (κ1) is 9.18. The quantitative estimate of drug-likeness (QED) is 0.542. The molecule has 0 aliphatic heterocycles. The van der Waals surface area contributed by atoms with E-state index in [2.05, 4.69) is 6.58 Å². The van der Waals surface area contributed by atoms with E-state index in [1.54, 1.807) is 7.11 Å². The molecule has 10 heavy (non-hydrogen) atoms. The summed E-state index contributed by atoms with van der Waals surface area (Å²) in [6.07, 6.45) is 7.78. The standard InChI is InChI=1S/C9H14O/c1-9(2)7-5-4-6-8-10-3/h4-7H,1,8H2,2-3H3/b6-4-,7-5-. The third-order valence-electron chi connectivity index (χ3n) is 0.891. The summed E-state index contributed by atoms with van der Waals surface area (Å²) in [7, 11) is 1.67. The first-order valence-electron chi connectivity index (χ1n) is 3.25. The summed E-state index contributed by atoms with van der Waals surface area (Å²) in [5.41, 5.74) is 1.06. The van der Waals surface area contributed by atoms with E-state index < -0.39 is 0 Å². The molecule has 1 nitrogen and oxygen atoms in total. The summed E-state index contributed by atoms with van der Waals surface area (Å²) in [6, 6.07) is 0. The molecule has 0 saturated carbocycles. The van der Waals surface area contributed by atoms with Crippen molar-refractivity contribution in [3.63, 3.8) is 0 Å². The van der Waals surface area contributed by atoms with Crippen LogP contribution in [0.3, 0.4) is 0 Å². The van der Waals surface area contributed by atoms with Crippen molar-refractivity contribution in [3.8, 4) is 0 Å². The lowest BCUT2D eigenvalue weighted by Crippen LogP contribution is -1.78. The van der Waals surface area contributed by atoms with E-state index in [-0.39, 0.29) is 0 Å². The van der Waals surface area contributed by atoms with Crippen molar-refractivity contribution in [2.75, 3.05) is 13.7 Å². The number of hydrogen-bond donors (Lipinski definition) is 0. The molecule has 0 amide bonds. The third-order valence-corrected chi connectivity index (χ3v) is 0.891. The zero-order chi connectivity index (χ0) is 7.82. The predicted molar refractivity (Wildman–Crippen MR) is 45.0 cm³/mol. The van der Waals surface area contributed by atoms with Gasteiger partial charge in [0.05, 0.1) is 6.61 Å². The molecule has 0 spiro atoms. The highest BCUT2D eigenvalue weighted by atomic mass is 16.5. The minimum Gasteiger partial charge on any atom is -0.381 e. The SMILES string of the molecule is C=C(C)/C=C\C=C/COC. The van der Waals surface area contributed by atoms with E-state index in [1.807, 2.05) is 31.2 Å². The lowest BCUT2D eigenvalue weighted by Gasteiger charge is -1.84. The van der Waals surface area contributed by atoms with Gasteiger partial charge in [0.15, 0.2) is 0 Å². The Morgan fingerprint density at radius 1 is 1.50 bits per heavy atom. The molecular formula is C9H14O. The Morgan fingerprint density at radius 2 is 2.20 bits per heavy atom. The van der Waals surface area contributed by atoms with E-state index in [9.17, 15) is 0 Å². The van der Waals surface area contributed by atoms with Crippen LogP contribution in [0.5, 0.6) is 0 Å². The van der Waals surface area contributed by atoms with Gasteiger partial charge < -0.3 is 4.74 Å². The molecule has 0 aliphatic rings. The molecule has 0 heterocycles. The Morgan fingerprint density at radius 3 is 2.70 bits per heavy atom. The van der Waals surface area contributed by atoms with Crippen molar-refractivity contribution in [1.82, 2.24) is 0 Å². The lowest BCUT2D eigenvalue weighted by atomic mass is 10.3. The molecule has 0 aromatic carbocycles. The van der Waals surface area contributed by atoms with Gasteiger partial charge in [-0.25, -0.2) is 0 Å². The monoisotopic (exact) mass is 138 g/mol. The Balaban J connectivity index is 3.42.